The molecule has 2 heterocycles. The third-order valence-corrected chi connectivity index (χ3v) is 9.83. The van der Waals surface area contributed by atoms with Gasteiger partial charge in [0.05, 0.1) is 15.8 Å². The van der Waals surface area contributed by atoms with E-state index in [-0.39, 0.29) is 158 Å². The van der Waals surface area contributed by atoms with Gasteiger partial charge in [-0.25, -0.2) is 16.8 Å². The first-order chi connectivity index (χ1) is 28.5. The molecule has 22 nitrogen and oxygen atoms in total. The summed E-state index contributed by atoms with van der Waals surface area (Å²) in [6.07, 6.45) is 2.31. The summed E-state index contributed by atoms with van der Waals surface area (Å²) in [5, 5.41) is 28.1. The van der Waals surface area contributed by atoms with Gasteiger partial charge in [-0.05, 0) is 77.4 Å². The number of hydrogen-bond donors (Lipinski definition) is 7. The Labute approximate surface area is 426 Å². The van der Waals surface area contributed by atoms with E-state index in [9.17, 15) is 40.6 Å². The molecule has 0 fully saturated rings. The van der Waals surface area contributed by atoms with Crippen molar-refractivity contribution in [3.05, 3.63) is 107 Å². The second-order valence-corrected chi connectivity index (χ2v) is 14.9. The van der Waals surface area contributed by atoms with E-state index in [0.29, 0.717) is 11.4 Å². The number of benzene rings is 4. The SMILES string of the molecule is CNc1nc(Nc2ccc(C(N)=O)cc2)nc(Nc2ccc(/C=C/c3ccc(Nc4nc(NC)nc(Nc5ccc(C(=O)[O-])cc5)n4)cc3S(=O)(=O)[O-])c(S(=O)(=O)[O-])c2)n1.[Na+].[Na+].[Na+]. The van der Waals surface area contributed by atoms with Gasteiger partial charge in [0, 0.05) is 42.4 Å². The number of carboxylic acid groups (broad SMARTS) is 1. The molecule has 2 aromatic heterocycles. The number of amides is 1. The van der Waals surface area contributed by atoms with Crippen LogP contribution in [0.4, 0.5) is 58.4 Å². The summed E-state index contributed by atoms with van der Waals surface area (Å²) in [4.78, 5) is 46.4. The zero-order valence-corrected chi connectivity index (χ0v) is 41.6. The number of rotatable bonds is 16. The molecular weight excluding hydrogens is 892 g/mol. The molecule has 0 atom stereocenters. The average molecular weight is 922 g/mol. The Bertz CT molecular complexity index is 2690. The fourth-order valence-corrected chi connectivity index (χ4v) is 6.63. The first kappa shape index (κ1) is 52.5. The van der Waals surface area contributed by atoms with Crippen molar-refractivity contribution in [1.82, 2.24) is 29.9 Å². The monoisotopic (exact) mass is 921 g/mol. The van der Waals surface area contributed by atoms with E-state index in [1.165, 1.54) is 67.7 Å². The molecule has 0 radical (unpaired) electrons. The van der Waals surface area contributed by atoms with Crippen LogP contribution in [0.2, 0.25) is 0 Å². The molecule has 4 aromatic carbocycles. The van der Waals surface area contributed by atoms with Crippen LogP contribution in [0.5, 0.6) is 0 Å². The van der Waals surface area contributed by atoms with Crippen molar-refractivity contribution >= 4 is 103 Å². The molecule has 0 aliphatic rings. The maximum absolute atomic E-state index is 12.4. The number of hydrogen-bond acceptors (Lipinski definition) is 21. The standard InChI is InChI=1S/C36H33N13O9S2.3Na/c1-38-31-44-33(40-23-11-7-21(8-12-23)29(37)50)48-35(46-31)42-25-15-5-19(27(17-25)59(53,54)55)3-4-20-6-16-26(18-28(20)60(56,57)58)43-36-47-32(39-2)45-34(49-36)41-24-13-9-22(10-14-24)30(51)52;;;/h3-18H,1-2H3,(H2,37,50)(H,51,52)(H,53,54,55)(H,56,57,58)(H3,38,40,42,44,46,48)(H3,39,41,43,45,47,49);;;/q;3*+1/p-3/b4-3+;;;. The van der Waals surface area contributed by atoms with Crippen molar-refractivity contribution < 1.29 is 129 Å². The van der Waals surface area contributed by atoms with E-state index < -0.39 is 41.9 Å². The van der Waals surface area contributed by atoms with E-state index in [2.05, 4.69) is 61.8 Å². The van der Waals surface area contributed by atoms with Crippen LogP contribution in [-0.4, -0.2) is 81.8 Å². The molecule has 0 saturated carbocycles. The minimum absolute atomic E-state index is 0. The zero-order valence-electron chi connectivity index (χ0n) is 34.0. The summed E-state index contributed by atoms with van der Waals surface area (Å²) in [7, 11) is -7.19. The number of carbonyl (C=O) groups excluding carboxylic acids is 2. The van der Waals surface area contributed by atoms with Crippen molar-refractivity contribution in [2.24, 2.45) is 5.73 Å². The van der Waals surface area contributed by atoms with Gasteiger partial charge in [-0.1, -0.05) is 36.4 Å². The molecule has 0 aliphatic heterocycles. The van der Waals surface area contributed by atoms with E-state index in [1.54, 1.807) is 19.2 Å². The molecular formula is C36H30N13Na3O9S2. The molecule has 0 aliphatic carbocycles. The first-order valence-electron chi connectivity index (χ1n) is 17.0. The van der Waals surface area contributed by atoms with Gasteiger partial charge in [0.2, 0.25) is 41.6 Å². The molecule has 0 saturated heterocycles. The van der Waals surface area contributed by atoms with Crippen LogP contribution in [0.1, 0.15) is 31.8 Å². The number of carbonyl (C=O) groups is 2. The number of nitrogens with zero attached hydrogens (tertiary/aromatic N) is 6. The van der Waals surface area contributed by atoms with Crippen LogP contribution in [0.15, 0.2) is 94.7 Å². The Morgan fingerprint density at radius 3 is 1.11 bits per heavy atom. The van der Waals surface area contributed by atoms with Gasteiger partial charge in [-0.2, -0.15) is 29.9 Å². The summed E-state index contributed by atoms with van der Waals surface area (Å²) in [5.41, 5.74) is 6.33. The van der Waals surface area contributed by atoms with Gasteiger partial charge in [-0.3, -0.25) is 4.79 Å². The third-order valence-electron chi connectivity index (χ3n) is 8.04. The maximum atomic E-state index is 12.4. The van der Waals surface area contributed by atoms with Crippen LogP contribution >= 0.6 is 0 Å². The average Bonchev–Trinajstić information content (AvgIpc) is 3.20. The van der Waals surface area contributed by atoms with Crippen LogP contribution in [0.25, 0.3) is 12.2 Å². The molecule has 6 aromatic rings. The smallest absolute Gasteiger partial charge is 0.744 e. The Morgan fingerprint density at radius 1 is 0.508 bits per heavy atom. The molecule has 1 amide bonds. The molecule has 0 spiro atoms. The summed E-state index contributed by atoms with van der Waals surface area (Å²) >= 11 is 0. The Kier molecular flexibility index (Phi) is 18.9. The van der Waals surface area contributed by atoms with Crippen molar-refractivity contribution in [2.45, 2.75) is 9.79 Å². The van der Waals surface area contributed by atoms with Crippen molar-refractivity contribution in [3.63, 3.8) is 0 Å². The van der Waals surface area contributed by atoms with Crippen molar-refractivity contribution in [3.8, 4) is 0 Å². The van der Waals surface area contributed by atoms with Gasteiger partial charge in [0.25, 0.3) is 0 Å². The fraction of sp³-hybridized carbons (Fsp3) is 0.0556. The van der Waals surface area contributed by atoms with Crippen molar-refractivity contribution in [2.75, 3.05) is 46.0 Å². The molecule has 0 unspecified atom stereocenters. The van der Waals surface area contributed by atoms with E-state index in [0.717, 1.165) is 24.3 Å². The minimum atomic E-state index is -5.14. The normalized spacial score (nSPS) is 10.9. The van der Waals surface area contributed by atoms with Gasteiger partial charge in [-0.15, -0.1) is 0 Å². The number of aromatic carboxylic acids is 1. The van der Waals surface area contributed by atoms with E-state index in [1.807, 2.05) is 0 Å². The number of anilines is 10. The number of carboxylic acids is 1. The predicted molar refractivity (Wildman–Crippen MR) is 215 cm³/mol. The topological polar surface area (TPSA) is 347 Å². The second-order valence-electron chi connectivity index (χ2n) is 12.2. The number of aromatic nitrogens is 6. The molecule has 6 rings (SSSR count). The minimum Gasteiger partial charge on any atom is -0.744 e. The largest absolute Gasteiger partial charge is 1.00 e. The first-order valence-corrected chi connectivity index (χ1v) is 19.8. The predicted octanol–water partition coefficient (Wildman–Crippen LogP) is -6.43. The summed E-state index contributed by atoms with van der Waals surface area (Å²) in [6, 6.07) is 19.1. The summed E-state index contributed by atoms with van der Waals surface area (Å²) < 4.78 is 74.6. The summed E-state index contributed by atoms with van der Waals surface area (Å²) in [6.45, 7) is 0. The maximum Gasteiger partial charge on any atom is 1.00 e. The van der Waals surface area contributed by atoms with Gasteiger partial charge in [0.15, 0.2) is 0 Å². The number of primary amides is 1. The van der Waals surface area contributed by atoms with E-state index >= 15 is 0 Å². The molecule has 63 heavy (non-hydrogen) atoms. The van der Waals surface area contributed by atoms with Gasteiger partial charge < -0.3 is 56.6 Å². The van der Waals surface area contributed by atoms with Crippen LogP contribution in [-0.2, 0) is 20.2 Å². The van der Waals surface area contributed by atoms with Crippen molar-refractivity contribution in [1.29, 1.82) is 0 Å². The Morgan fingerprint density at radius 2 is 0.810 bits per heavy atom. The Hall–Kier alpha value is -4.80. The zero-order chi connectivity index (χ0) is 43.2. The molecule has 308 valence electrons. The molecule has 27 heteroatoms. The van der Waals surface area contributed by atoms with Gasteiger partial charge >= 0.3 is 88.7 Å². The number of nitrogens with two attached hydrogens (primary N) is 1. The quantitative estimate of drug-likeness (QED) is 0.0270. The van der Waals surface area contributed by atoms with Gasteiger partial charge in [0.1, 0.15) is 20.2 Å². The van der Waals surface area contributed by atoms with Crippen LogP contribution in [0.3, 0.4) is 0 Å². The number of nitrogens with one attached hydrogen (secondary N) is 6. The Balaban J connectivity index is 0.00000352. The second kappa shape index (κ2) is 22.7. The van der Waals surface area contributed by atoms with E-state index in [4.69, 9.17) is 5.73 Å². The van der Waals surface area contributed by atoms with Crippen LogP contribution < -0.4 is 131 Å². The molecule has 0 bridgehead atoms. The summed E-state index contributed by atoms with van der Waals surface area (Å²) in [5.74, 6) is -1.82. The van der Waals surface area contributed by atoms with Crippen LogP contribution in [0, 0.1) is 0 Å². The molecule has 8 N–H and O–H groups in total. The fourth-order valence-electron chi connectivity index (χ4n) is 5.24. The third kappa shape index (κ3) is 14.4.